The zero-order chi connectivity index (χ0) is 21.7. The molecule has 0 fully saturated rings. The van der Waals surface area contributed by atoms with Gasteiger partial charge in [-0.15, -0.1) is 11.8 Å². The SMILES string of the molecule is Cc1ccc(C(=O)Nc2ccc(SC(C)C(=O)Nc3c(C)cccc3C)cc2)cc1. The van der Waals surface area contributed by atoms with Crippen LogP contribution in [-0.2, 0) is 4.79 Å². The minimum atomic E-state index is -0.253. The normalized spacial score (nSPS) is 11.6. The monoisotopic (exact) mass is 418 g/mol. The van der Waals surface area contributed by atoms with Crippen molar-refractivity contribution in [1.82, 2.24) is 0 Å². The van der Waals surface area contributed by atoms with E-state index in [-0.39, 0.29) is 17.1 Å². The van der Waals surface area contributed by atoms with Crippen molar-refractivity contribution in [3.8, 4) is 0 Å². The standard InChI is InChI=1S/C25H26N2O2S/c1-16-8-10-20(11-9-16)25(29)26-21-12-14-22(15-13-21)30-19(4)24(28)27-23-17(2)6-5-7-18(23)3/h5-15,19H,1-4H3,(H,26,29)(H,27,28). The van der Waals surface area contributed by atoms with E-state index in [2.05, 4.69) is 10.6 Å². The predicted octanol–water partition coefficient (Wildman–Crippen LogP) is 5.98. The smallest absolute Gasteiger partial charge is 0.255 e. The van der Waals surface area contributed by atoms with Gasteiger partial charge in [0, 0.05) is 21.8 Å². The Morgan fingerprint density at radius 2 is 1.40 bits per heavy atom. The Kier molecular flexibility index (Phi) is 6.95. The number of thioether (sulfide) groups is 1. The van der Waals surface area contributed by atoms with Gasteiger partial charge >= 0.3 is 0 Å². The lowest BCUT2D eigenvalue weighted by atomic mass is 10.1. The fraction of sp³-hybridized carbons (Fsp3) is 0.200. The molecule has 2 amide bonds. The fourth-order valence-corrected chi connectivity index (χ4v) is 3.89. The minimum Gasteiger partial charge on any atom is -0.325 e. The second-order valence-corrected chi connectivity index (χ2v) is 8.77. The maximum absolute atomic E-state index is 12.6. The first kappa shape index (κ1) is 21.7. The van der Waals surface area contributed by atoms with Gasteiger partial charge in [0.1, 0.15) is 0 Å². The molecule has 0 aromatic heterocycles. The van der Waals surface area contributed by atoms with Gasteiger partial charge in [0.15, 0.2) is 0 Å². The molecule has 30 heavy (non-hydrogen) atoms. The molecule has 154 valence electrons. The van der Waals surface area contributed by atoms with Gasteiger partial charge in [-0.2, -0.15) is 0 Å². The van der Waals surface area contributed by atoms with Crippen molar-refractivity contribution < 1.29 is 9.59 Å². The van der Waals surface area contributed by atoms with Crippen LogP contribution in [0.5, 0.6) is 0 Å². The quantitative estimate of drug-likeness (QED) is 0.484. The first-order valence-electron chi connectivity index (χ1n) is 9.85. The first-order valence-corrected chi connectivity index (χ1v) is 10.7. The summed E-state index contributed by atoms with van der Waals surface area (Å²) in [5.74, 6) is -0.175. The van der Waals surface area contributed by atoms with Crippen LogP contribution >= 0.6 is 11.8 Å². The maximum Gasteiger partial charge on any atom is 0.255 e. The summed E-state index contributed by atoms with van der Waals surface area (Å²) in [4.78, 5) is 25.9. The second kappa shape index (κ2) is 9.63. The van der Waals surface area contributed by atoms with Crippen molar-refractivity contribution in [3.63, 3.8) is 0 Å². The lowest BCUT2D eigenvalue weighted by Crippen LogP contribution is -2.23. The van der Waals surface area contributed by atoms with Gasteiger partial charge < -0.3 is 10.6 Å². The molecular formula is C25H26N2O2S. The second-order valence-electron chi connectivity index (χ2n) is 7.36. The van der Waals surface area contributed by atoms with Gasteiger partial charge in [0.2, 0.25) is 5.91 Å². The lowest BCUT2D eigenvalue weighted by Gasteiger charge is -2.15. The highest BCUT2D eigenvalue weighted by Crippen LogP contribution is 2.27. The maximum atomic E-state index is 12.6. The molecule has 4 nitrogen and oxygen atoms in total. The molecular weight excluding hydrogens is 392 g/mol. The molecule has 1 unspecified atom stereocenters. The van der Waals surface area contributed by atoms with Gasteiger partial charge in [0.25, 0.3) is 5.91 Å². The van der Waals surface area contributed by atoms with Crippen molar-refractivity contribution in [1.29, 1.82) is 0 Å². The molecule has 3 aromatic carbocycles. The van der Waals surface area contributed by atoms with Gasteiger partial charge in [-0.1, -0.05) is 35.9 Å². The molecule has 3 rings (SSSR count). The Morgan fingerprint density at radius 3 is 2.00 bits per heavy atom. The molecule has 0 aliphatic heterocycles. The summed E-state index contributed by atoms with van der Waals surface area (Å²) in [6, 6.07) is 21.0. The largest absolute Gasteiger partial charge is 0.325 e. The average Bonchev–Trinajstić information content (AvgIpc) is 2.72. The van der Waals surface area contributed by atoms with E-state index in [1.54, 1.807) is 0 Å². The van der Waals surface area contributed by atoms with E-state index in [0.717, 1.165) is 33.0 Å². The van der Waals surface area contributed by atoms with Crippen molar-refractivity contribution in [2.24, 2.45) is 0 Å². The van der Waals surface area contributed by atoms with Crippen LogP contribution in [0.2, 0.25) is 0 Å². The van der Waals surface area contributed by atoms with Crippen LogP contribution in [0.4, 0.5) is 11.4 Å². The summed E-state index contributed by atoms with van der Waals surface area (Å²) in [6.07, 6.45) is 0. The van der Waals surface area contributed by atoms with E-state index in [0.29, 0.717) is 5.56 Å². The van der Waals surface area contributed by atoms with Crippen LogP contribution in [0.15, 0.2) is 71.6 Å². The van der Waals surface area contributed by atoms with Crippen LogP contribution in [0.25, 0.3) is 0 Å². The van der Waals surface area contributed by atoms with Crippen LogP contribution in [0.3, 0.4) is 0 Å². The zero-order valence-electron chi connectivity index (χ0n) is 17.7. The third-order valence-corrected chi connectivity index (χ3v) is 5.95. The summed E-state index contributed by atoms with van der Waals surface area (Å²) in [5.41, 5.74) is 5.43. The Balaban J connectivity index is 1.58. The van der Waals surface area contributed by atoms with Gasteiger partial charge in [0.05, 0.1) is 5.25 Å². The molecule has 0 heterocycles. The van der Waals surface area contributed by atoms with Crippen molar-refractivity contribution >= 4 is 35.0 Å². The third kappa shape index (κ3) is 5.51. The molecule has 5 heteroatoms. The number of aryl methyl sites for hydroxylation is 3. The van der Waals surface area contributed by atoms with Gasteiger partial charge in [-0.05, 0) is 75.2 Å². The Bertz CT molecular complexity index is 1020. The molecule has 0 bridgehead atoms. The fourth-order valence-electron chi connectivity index (χ4n) is 3.02. The van der Waals surface area contributed by atoms with Gasteiger partial charge in [-0.25, -0.2) is 0 Å². The van der Waals surface area contributed by atoms with Crippen LogP contribution in [0.1, 0.15) is 34.0 Å². The molecule has 1 atom stereocenters. The number of carbonyl (C=O) groups is 2. The number of hydrogen-bond donors (Lipinski definition) is 2. The van der Waals surface area contributed by atoms with E-state index >= 15 is 0 Å². The molecule has 0 spiro atoms. The lowest BCUT2D eigenvalue weighted by molar-refractivity contribution is -0.115. The van der Waals surface area contributed by atoms with Gasteiger partial charge in [-0.3, -0.25) is 9.59 Å². The first-order chi connectivity index (χ1) is 14.3. The molecule has 0 saturated carbocycles. The highest BCUT2D eigenvalue weighted by Gasteiger charge is 2.16. The molecule has 3 aromatic rings. The predicted molar refractivity (Wildman–Crippen MR) is 125 cm³/mol. The Morgan fingerprint density at radius 1 is 0.800 bits per heavy atom. The number of nitrogens with one attached hydrogen (secondary N) is 2. The summed E-state index contributed by atoms with van der Waals surface area (Å²) < 4.78 is 0. The van der Waals surface area contributed by atoms with E-state index < -0.39 is 0 Å². The van der Waals surface area contributed by atoms with Crippen molar-refractivity contribution in [3.05, 3.63) is 89.0 Å². The highest BCUT2D eigenvalue weighted by molar-refractivity contribution is 8.00. The summed E-state index contributed by atoms with van der Waals surface area (Å²) in [7, 11) is 0. The van der Waals surface area contributed by atoms with E-state index in [4.69, 9.17) is 0 Å². The number of rotatable bonds is 6. The number of amides is 2. The molecule has 0 aliphatic rings. The average molecular weight is 419 g/mol. The topological polar surface area (TPSA) is 58.2 Å². The van der Waals surface area contributed by atoms with E-state index in [1.165, 1.54) is 11.8 Å². The molecule has 0 radical (unpaired) electrons. The number of para-hydroxylation sites is 1. The molecule has 0 saturated heterocycles. The van der Waals surface area contributed by atoms with Crippen LogP contribution in [0, 0.1) is 20.8 Å². The molecule has 0 aliphatic carbocycles. The summed E-state index contributed by atoms with van der Waals surface area (Å²) >= 11 is 1.48. The van der Waals surface area contributed by atoms with Crippen LogP contribution in [-0.4, -0.2) is 17.1 Å². The third-order valence-electron chi connectivity index (χ3n) is 4.84. The Hall–Kier alpha value is -3.05. The minimum absolute atomic E-state index is 0.0332. The Labute approximate surface area is 182 Å². The highest BCUT2D eigenvalue weighted by atomic mass is 32.2. The molecule has 2 N–H and O–H groups in total. The number of carbonyl (C=O) groups excluding carboxylic acids is 2. The number of hydrogen-bond acceptors (Lipinski definition) is 3. The number of anilines is 2. The summed E-state index contributed by atoms with van der Waals surface area (Å²) in [6.45, 7) is 7.86. The van der Waals surface area contributed by atoms with Crippen LogP contribution < -0.4 is 10.6 Å². The number of benzene rings is 3. The summed E-state index contributed by atoms with van der Waals surface area (Å²) in [5, 5.41) is 5.69. The van der Waals surface area contributed by atoms with Crippen molar-refractivity contribution in [2.75, 3.05) is 10.6 Å². The van der Waals surface area contributed by atoms with E-state index in [1.807, 2.05) is 94.4 Å². The van der Waals surface area contributed by atoms with Crippen molar-refractivity contribution in [2.45, 2.75) is 37.8 Å². The van der Waals surface area contributed by atoms with E-state index in [9.17, 15) is 9.59 Å². The zero-order valence-corrected chi connectivity index (χ0v) is 18.5.